The van der Waals surface area contributed by atoms with Crippen molar-refractivity contribution in [2.75, 3.05) is 23.3 Å². The van der Waals surface area contributed by atoms with Crippen LogP contribution in [0, 0.1) is 0 Å². The number of alkyl halides is 3. The molecule has 162 valence electrons. The monoisotopic (exact) mass is 431 g/mol. The lowest BCUT2D eigenvalue weighted by Crippen LogP contribution is -2.33. The number of hydrogen-bond acceptors (Lipinski definition) is 3. The van der Waals surface area contributed by atoms with Gasteiger partial charge in [-0.1, -0.05) is 12.1 Å². The van der Waals surface area contributed by atoms with Crippen molar-refractivity contribution < 1.29 is 27.6 Å². The Bertz CT molecular complexity index is 984. The molecule has 1 fully saturated rings. The fourth-order valence-electron chi connectivity index (χ4n) is 3.03. The van der Waals surface area contributed by atoms with Crippen molar-refractivity contribution in [2.24, 2.45) is 0 Å². The Kier molecular flexibility index (Phi) is 6.74. The molecular formula is C22H20F3N3O3. The van der Waals surface area contributed by atoms with Gasteiger partial charge in [0, 0.05) is 36.0 Å². The Hall–Kier alpha value is -3.62. The average Bonchev–Trinajstić information content (AvgIpc) is 3.17. The highest BCUT2D eigenvalue weighted by Gasteiger charge is 2.27. The summed E-state index contributed by atoms with van der Waals surface area (Å²) in [4.78, 5) is 37.3. The molecule has 1 aliphatic rings. The van der Waals surface area contributed by atoms with E-state index in [1.54, 1.807) is 28.4 Å². The lowest BCUT2D eigenvalue weighted by molar-refractivity contribution is -0.123. The molecule has 0 radical (unpaired) electrons. The molecule has 2 N–H and O–H groups in total. The third kappa shape index (κ3) is 6.43. The van der Waals surface area contributed by atoms with E-state index < -0.39 is 24.5 Å². The number of anilines is 2. The molecule has 3 amide bonds. The second-order valence-corrected chi connectivity index (χ2v) is 6.94. The fraction of sp³-hybridized carbons (Fsp3) is 0.227. The van der Waals surface area contributed by atoms with Crippen molar-refractivity contribution in [1.82, 2.24) is 5.32 Å². The summed E-state index contributed by atoms with van der Waals surface area (Å²) in [7, 11) is 0. The maximum Gasteiger partial charge on any atom is 0.405 e. The Labute approximate surface area is 176 Å². The Balaban J connectivity index is 1.52. The molecule has 2 aromatic rings. The van der Waals surface area contributed by atoms with Crippen molar-refractivity contribution in [1.29, 1.82) is 0 Å². The van der Waals surface area contributed by atoms with E-state index in [1.807, 2.05) is 12.1 Å². The van der Waals surface area contributed by atoms with Gasteiger partial charge in [0.05, 0.1) is 0 Å². The molecule has 0 spiro atoms. The second-order valence-electron chi connectivity index (χ2n) is 6.94. The van der Waals surface area contributed by atoms with E-state index >= 15 is 0 Å². The van der Waals surface area contributed by atoms with E-state index in [0.29, 0.717) is 18.7 Å². The number of carbonyl (C=O) groups excluding carboxylic acids is 3. The molecule has 0 saturated carbocycles. The highest BCUT2D eigenvalue weighted by Crippen LogP contribution is 2.22. The van der Waals surface area contributed by atoms with Crippen LogP contribution in [-0.2, 0) is 9.59 Å². The van der Waals surface area contributed by atoms with Gasteiger partial charge in [-0.15, -0.1) is 0 Å². The Morgan fingerprint density at radius 2 is 1.71 bits per heavy atom. The average molecular weight is 431 g/mol. The van der Waals surface area contributed by atoms with Crippen LogP contribution >= 0.6 is 0 Å². The van der Waals surface area contributed by atoms with Crippen molar-refractivity contribution in [3.63, 3.8) is 0 Å². The fourth-order valence-corrected chi connectivity index (χ4v) is 3.03. The molecule has 1 heterocycles. The van der Waals surface area contributed by atoms with E-state index in [0.717, 1.165) is 17.7 Å². The van der Waals surface area contributed by atoms with Gasteiger partial charge in [0.25, 0.3) is 5.91 Å². The number of halogens is 3. The SMILES string of the molecule is O=C(/C=C/c1ccc(N2CCCC2=O)cc1)Nc1ccc(C(=O)NCC(F)(F)F)cc1. The molecule has 9 heteroatoms. The van der Waals surface area contributed by atoms with E-state index in [1.165, 1.54) is 30.3 Å². The van der Waals surface area contributed by atoms with Gasteiger partial charge in [0.1, 0.15) is 6.54 Å². The second kappa shape index (κ2) is 9.46. The Morgan fingerprint density at radius 3 is 2.29 bits per heavy atom. The third-order valence-corrected chi connectivity index (χ3v) is 4.57. The molecule has 3 rings (SSSR count). The summed E-state index contributed by atoms with van der Waals surface area (Å²) in [6.45, 7) is -0.705. The van der Waals surface area contributed by atoms with Crippen molar-refractivity contribution in [3.05, 3.63) is 65.7 Å². The maximum atomic E-state index is 12.2. The first kappa shape index (κ1) is 22.1. The molecule has 1 aliphatic heterocycles. The number of rotatable bonds is 6. The van der Waals surface area contributed by atoms with Gasteiger partial charge in [0.15, 0.2) is 0 Å². The lowest BCUT2D eigenvalue weighted by atomic mass is 10.1. The van der Waals surface area contributed by atoms with Crippen LogP contribution in [0.25, 0.3) is 6.08 Å². The van der Waals surface area contributed by atoms with Crippen LogP contribution in [0.3, 0.4) is 0 Å². The van der Waals surface area contributed by atoms with Gasteiger partial charge in [0.2, 0.25) is 11.8 Å². The van der Waals surface area contributed by atoms with Crippen LogP contribution in [0.1, 0.15) is 28.8 Å². The number of hydrogen-bond donors (Lipinski definition) is 2. The predicted octanol–water partition coefficient (Wildman–Crippen LogP) is 3.76. The first-order valence-electron chi connectivity index (χ1n) is 9.56. The van der Waals surface area contributed by atoms with E-state index in [2.05, 4.69) is 5.32 Å². The first-order chi connectivity index (χ1) is 14.7. The molecule has 0 aromatic heterocycles. The molecule has 31 heavy (non-hydrogen) atoms. The van der Waals surface area contributed by atoms with Crippen molar-refractivity contribution >= 4 is 35.2 Å². The van der Waals surface area contributed by atoms with Crippen LogP contribution < -0.4 is 15.5 Å². The summed E-state index contributed by atoms with van der Waals surface area (Å²) in [5.74, 6) is -1.16. The van der Waals surface area contributed by atoms with Crippen molar-refractivity contribution in [3.8, 4) is 0 Å². The molecule has 0 bridgehead atoms. The third-order valence-electron chi connectivity index (χ3n) is 4.57. The lowest BCUT2D eigenvalue weighted by Gasteiger charge is -2.15. The summed E-state index contributed by atoms with van der Waals surface area (Å²) < 4.78 is 36.5. The summed E-state index contributed by atoms with van der Waals surface area (Å²) in [6.07, 6.45) is -0.132. The zero-order chi connectivity index (χ0) is 22.4. The number of carbonyl (C=O) groups is 3. The summed E-state index contributed by atoms with van der Waals surface area (Å²) in [5, 5.41) is 4.38. The summed E-state index contributed by atoms with van der Waals surface area (Å²) in [5.41, 5.74) is 2.05. The minimum absolute atomic E-state index is 0.0503. The van der Waals surface area contributed by atoms with E-state index in [-0.39, 0.29) is 11.5 Å². The quantitative estimate of drug-likeness (QED) is 0.684. The van der Waals surface area contributed by atoms with Crippen LogP contribution in [0.2, 0.25) is 0 Å². The Morgan fingerprint density at radius 1 is 1.03 bits per heavy atom. The number of benzene rings is 2. The highest BCUT2D eigenvalue weighted by atomic mass is 19.4. The van der Waals surface area contributed by atoms with Gasteiger partial charge in [-0.05, 0) is 54.5 Å². The molecule has 0 unspecified atom stereocenters. The largest absolute Gasteiger partial charge is 0.405 e. The summed E-state index contributed by atoms with van der Waals surface area (Å²) >= 11 is 0. The number of nitrogens with one attached hydrogen (secondary N) is 2. The van der Waals surface area contributed by atoms with Crippen LogP contribution in [0.15, 0.2) is 54.6 Å². The molecule has 6 nitrogen and oxygen atoms in total. The number of amides is 3. The van der Waals surface area contributed by atoms with Crippen LogP contribution in [0.5, 0.6) is 0 Å². The van der Waals surface area contributed by atoms with Crippen molar-refractivity contribution in [2.45, 2.75) is 19.0 Å². The highest BCUT2D eigenvalue weighted by molar-refractivity contribution is 6.02. The van der Waals surface area contributed by atoms with Gasteiger partial charge < -0.3 is 15.5 Å². The molecule has 2 aromatic carbocycles. The smallest absolute Gasteiger partial charge is 0.343 e. The van der Waals surface area contributed by atoms with E-state index in [4.69, 9.17) is 0 Å². The minimum atomic E-state index is -4.48. The summed E-state index contributed by atoms with van der Waals surface area (Å²) in [6, 6.07) is 12.8. The molecule has 0 aliphatic carbocycles. The van der Waals surface area contributed by atoms with Gasteiger partial charge in [-0.2, -0.15) is 13.2 Å². The van der Waals surface area contributed by atoms with Gasteiger partial charge in [-0.3, -0.25) is 14.4 Å². The minimum Gasteiger partial charge on any atom is -0.343 e. The van der Waals surface area contributed by atoms with Gasteiger partial charge >= 0.3 is 6.18 Å². The van der Waals surface area contributed by atoms with Crippen LogP contribution in [-0.4, -0.2) is 37.0 Å². The molecule has 0 atom stereocenters. The normalized spacial score (nSPS) is 14.2. The van der Waals surface area contributed by atoms with E-state index in [9.17, 15) is 27.6 Å². The number of nitrogens with zero attached hydrogens (tertiary/aromatic N) is 1. The van der Waals surface area contributed by atoms with Crippen LogP contribution in [0.4, 0.5) is 24.5 Å². The first-order valence-corrected chi connectivity index (χ1v) is 9.56. The predicted molar refractivity (Wildman–Crippen MR) is 111 cm³/mol. The van der Waals surface area contributed by atoms with Gasteiger partial charge in [-0.25, -0.2) is 0 Å². The maximum absolute atomic E-state index is 12.2. The topological polar surface area (TPSA) is 78.5 Å². The zero-order valence-corrected chi connectivity index (χ0v) is 16.4. The standard InChI is InChI=1S/C22H20F3N3O3/c23-22(24,25)14-26-21(31)16-6-8-17(9-7-16)27-19(29)12-5-15-3-10-18(11-4-15)28-13-1-2-20(28)30/h3-12H,1-2,13-14H2,(H,26,31)(H,27,29)/b12-5+. The zero-order valence-electron chi connectivity index (χ0n) is 16.4. The molecular weight excluding hydrogens is 411 g/mol. The molecule has 1 saturated heterocycles.